The van der Waals surface area contributed by atoms with Crippen molar-refractivity contribution >= 4 is 11.5 Å². The zero-order valence-electron chi connectivity index (χ0n) is 21.7. The van der Waals surface area contributed by atoms with Gasteiger partial charge in [0, 0.05) is 55.4 Å². The van der Waals surface area contributed by atoms with Crippen LogP contribution in [0.5, 0.6) is 17.2 Å². The fourth-order valence-corrected chi connectivity index (χ4v) is 4.56. The number of benzene rings is 1. The molecule has 0 radical (unpaired) electrons. The van der Waals surface area contributed by atoms with Crippen LogP contribution in [-0.4, -0.2) is 46.9 Å². The molecule has 32 heavy (non-hydrogen) atoms. The molecule has 166 valence electrons. The molecule has 3 aromatic rings. The lowest BCUT2D eigenvalue weighted by Crippen LogP contribution is -2.39. The first-order chi connectivity index (χ1) is 17.1. The van der Waals surface area contributed by atoms with Gasteiger partial charge in [-0.05, 0) is 37.8 Å². The lowest BCUT2D eigenvalue weighted by molar-refractivity contribution is 0.159. The van der Waals surface area contributed by atoms with Crippen molar-refractivity contribution in [1.29, 1.82) is 0 Å². The molecule has 1 aliphatic carbocycles. The van der Waals surface area contributed by atoms with E-state index in [1.165, 1.54) is 22.7 Å². The minimum Gasteiger partial charge on any atom is -0.490 e. The summed E-state index contributed by atoms with van der Waals surface area (Å²) in [5.74, 6) is 1.98. The Labute approximate surface area is 191 Å². The standard InChI is InChI=1S/C24H26N4O4/c1-15-22(16-2-3-16)24-25-9-6-21(29)28(24)26-23(15)27-10-7-17(8-11-27)32-18-4-5-19-20(14-18)31-13-12-30-19/h4-6,9,14,16-17H,2-3,7-8,10-13H2,1H3/i12D2,13D2. The lowest BCUT2D eigenvalue weighted by Gasteiger charge is -2.34. The van der Waals surface area contributed by atoms with E-state index in [2.05, 4.69) is 21.9 Å². The maximum absolute atomic E-state index is 12.5. The van der Waals surface area contributed by atoms with Crippen molar-refractivity contribution in [3.05, 3.63) is 51.9 Å². The van der Waals surface area contributed by atoms with Crippen LogP contribution in [0, 0.1) is 6.92 Å². The lowest BCUT2D eigenvalue weighted by atomic mass is 10.0. The molecule has 0 atom stereocenters. The first-order valence-corrected chi connectivity index (χ1v) is 11.0. The Morgan fingerprint density at radius 3 is 2.66 bits per heavy atom. The van der Waals surface area contributed by atoms with Crippen molar-refractivity contribution in [2.45, 2.75) is 44.6 Å². The largest absolute Gasteiger partial charge is 0.490 e. The number of anilines is 1. The Kier molecular flexibility index (Phi) is 3.72. The van der Waals surface area contributed by atoms with E-state index < -0.39 is 13.1 Å². The molecule has 0 bridgehead atoms. The normalized spacial score (nSPS) is 23.7. The van der Waals surface area contributed by atoms with E-state index >= 15 is 0 Å². The molecular weight excluding hydrogens is 408 g/mol. The van der Waals surface area contributed by atoms with E-state index in [-0.39, 0.29) is 23.2 Å². The minimum absolute atomic E-state index is 0.0694. The van der Waals surface area contributed by atoms with Gasteiger partial charge < -0.3 is 19.1 Å². The number of fused-ring (bicyclic) bond motifs is 2. The number of hydrogen-bond acceptors (Lipinski definition) is 7. The van der Waals surface area contributed by atoms with Crippen molar-refractivity contribution < 1.29 is 19.7 Å². The van der Waals surface area contributed by atoms with E-state index in [4.69, 9.17) is 19.7 Å². The van der Waals surface area contributed by atoms with Gasteiger partial charge >= 0.3 is 0 Å². The van der Waals surface area contributed by atoms with Crippen LogP contribution in [-0.2, 0) is 0 Å². The van der Waals surface area contributed by atoms with Gasteiger partial charge in [-0.15, -0.1) is 5.10 Å². The molecule has 0 N–H and O–H groups in total. The number of rotatable bonds is 4. The average Bonchev–Trinajstić information content (AvgIpc) is 3.65. The van der Waals surface area contributed by atoms with Crippen molar-refractivity contribution in [1.82, 2.24) is 14.6 Å². The molecule has 2 aromatic heterocycles. The van der Waals surface area contributed by atoms with Crippen LogP contribution < -0.4 is 24.7 Å². The molecule has 3 aliphatic rings. The predicted octanol–water partition coefficient (Wildman–Crippen LogP) is 3.09. The summed E-state index contributed by atoms with van der Waals surface area (Å²) in [5, 5.41) is 4.68. The van der Waals surface area contributed by atoms with Gasteiger partial charge in [0.1, 0.15) is 25.0 Å². The Hall–Kier alpha value is -3.29. The van der Waals surface area contributed by atoms with E-state index in [1.54, 1.807) is 12.3 Å². The third-order valence-corrected chi connectivity index (χ3v) is 6.31. The third kappa shape index (κ3) is 3.43. The van der Waals surface area contributed by atoms with Crippen LogP contribution in [0.1, 0.15) is 48.2 Å². The van der Waals surface area contributed by atoms with Crippen LogP contribution >= 0.6 is 0 Å². The molecule has 0 amide bonds. The predicted molar refractivity (Wildman–Crippen MR) is 119 cm³/mol. The highest BCUT2D eigenvalue weighted by Gasteiger charge is 2.32. The Morgan fingerprint density at radius 2 is 1.88 bits per heavy atom. The van der Waals surface area contributed by atoms with Gasteiger partial charge in [-0.3, -0.25) is 4.79 Å². The first kappa shape index (κ1) is 15.5. The Balaban J connectivity index is 1.19. The van der Waals surface area contributed by atoms with Crippen LogP contribution in [0.3, 0.4) is 0 Å². The second-order valence-corrected chi connectivity index (χ2v) is 8.48. The number of nitrogens with zero attached hydrogens (tertiary/aromatic N) is 4. The van der Waals surface area contributed by atoms with Crippen molar-refractivity contribution in [2.75, 3.05) is 31.1 Å². The highest BCUT2D eigenvalue weighted by atomic mass is 16.6. The second kappa shape index (κ2) is 7.69. The van der Waals surface area contributed by atoms with Gasteiger partial charge in [0.25, 0.3) is 5.56 Å². The highest BCUT2D eigenvalue weighted by Crippen LogP contribution is 2.44. The highest BCUT2D eigenvalue weighted by molar-refractivity contribution is 5.62. The van der Waals surface area contributed by atoms with Crippen LogP contribution in [0.4, 0.5) is 5.82 Å². The number of ether oxygens (including phenoxy) is 3. The second-order valence-electron chi connectivity index (χ2n) is 8.48. The molecule has 0 spiro atoms. The smallest absolute Gasteiger partial charge is 0.274 e. The summed E-state index contributed by atoms with van der Waals surface area (Å²) >= 11 is 0. The van der Waals surface area contributed by atoms with Gasteiger partial charge in [-0.25, -0.2) is 4.98 Å². The molecule has 0 unspecified atom stereocenters. The fourth-order valence-electron chi connectivity index (χ4n) is 4.56. The summed E-state index contributed by atoms with van der Waals surface area (Å²) in [6.45, 7) is -1.74. The molecule has 1 aromatic carbocycles. The zero-order chi connectivity index (χ0) is 25.2. The number of aromatic nitrogens is 3. The van der Waals surface area contributed by atoms with E-state index in [0.717, 1.165) is 42.6 Å². The molecule has 1 saturated carbocycles. The maximum atomic E-state index is 12.5. The van der Waals surface area contributed by atoms with Crippen LogP contribution in [0.2, 0.25) is 0 Å². The quantitative estimate of drug-likeness (QED) is 0.619. The van der Waals surface area contributed by atoms with Gasteiger partial charge in [-0.2, -0.15) is 4.52 Å². The molecular formula is C24H26N4O4. The summed E-state index contributed by atoms with van der Waals surface area (Å²) in [6.07, 6.45) is 5.15. The van der Waals surface area contributed by atoms with E-state index in [1.807, 2.05) is 0 Å². The summed E-state index contributed by atoms with van der Waals surface area (Å²) in [7, 11) is 0. The Bertz CT molecular complexity index is 1400. The van der Waals surface area contributed by atoms with Crippen molar-refractivity contribution in [3.8, 4) is 17.2 Å². The van der Waals surface area contributed by atoms with E-state index in [0.29, 0.717) is 30.4 Å². The topological polar surface area (TPSA) is 78.2 Å². The third-order valence-electron chi connectivity index (χ3n) is 6.31. The van der Waals surface area contributed by atoms with Crippen LogP contribution in [0.15, 0.2) is 35.3 Å². The number of piperidine rings is 1. The summed E-state index contributed by atoms with van der Waals surface area (Å²) in [4.78, 5) is 19.2. The summed E-state index contributed by atoms with van der Waals surface area (Å²) in [6, 6.07) is 6.16. The average molecular weight is 439 g/mol. The molecule has 6 rings (SSSR count). The first-order valence-electron chi connectivity index (χ1n) is 13.0. The molecule has 2 fully saturated rings. The molecule has 8 heteroatoms. The molecule has 1 saturated heterocycles. The van der Waals surface area contributed by atoms with E-state index in [9.17, 15) is 4.79 Å². The van der Waals surface area contributed by atoms with Crippen molar-refractivity contribution in [2.24, 2.45) is 0 Å². The minimum atomic E-state index is -2.62. The van der Waals surface area contributed by atoms with Gasteiger partial charge in [0.15, 0.2) is 23.0 Å². The van der Waals surface area contributed by atoms with Gasteiger partial charge in [0.05, 0.1) is 5.48 Å². The summed E-state index contributed by atoms with van der Waals surface area (Å²) in [5.41, 5.74) is 2.67. The molecule has 8 nitrogen and oxygen atoms in total. The van der Waals surface area contributed by atoms with Gasteiger partial charge in [0.2, 0.25) is 0 Å². The summed E-state index contributed by atoms with van der Waals surface area (Å²) < 4.78 is 48.9. The van der Waals surface area contributed by atoms with Gasteiger partial charge in [-0.1, -0.05) is 0 Å². The van der Waals surface area contributed by atoms with Crippen molar-refractivity contribution in [3.63, 3.8) is 0 Å². The Morgan fingerprint density at radius 1 is 1.09 bits per heavy atom. The number of hydrogen-bond donors (Lipinski definition) is 0. The fraction of sp³-hybridized carbons (Fsp3) is 0.458. The molecule has 4 heterocycles. The monoisotopic (exact) mass is 438 g/mol. The SMILES string of the molecule is [2H]C1([2H])Oc2ccc(OC3CCN(c4nn5c(=O)ccnc5c(C5CC5)c4C)CC3)cc2OC1([2H])[2H]. The maximum Gasteiger partial charge on any atom is 0.274 e. The van der Waals surface area contributed by atoms with Crippen LogP contribution in [0.25, 0.3) is 5.65 Å². The molecule has 2 aliphatic heterocycles. The zero-order valence-corrected chi connectivity index (χ0v) is 17.7.